The Kier molecular flexibility index (Phi) is 3.75. The summed E-state index contributed by atoms with van der Waals surface area (Å²) in [6.45, 7) is 0.394. The van der Waals surface area contributed by atoms with Crippen molar-refractivity contribution in [2.24, 2.45) is 5.92 Å². The minimum atomic E-state index is -4.56. The van der Waals surface area contributed by atoms with Crippen LogP contribution >= 0.6 is 0 Å². The van der Waals surface area contributed by atoms with E-state index in [1.807, 2.05) is 0 Å². The van der Waals surface area contributed by atoms with Gasteiger partial charge in [-0.25, -0.2) is 0 Å². The van der Waals surface area contributed by atoms with Gasteiger partial charge in [-0.2, -0.15) is 8.42 Å². The predicted molar refractivity (Wildman–Crippen MR) is 66.5 cm³/mol. The summed E-state index contributed by atoms with van der Waals surface area (Å²) in [7, 11) is -4.56. The average Bonchev–Trinajstić information content (AvgIpc) is 2.60. The second kappa shape index (κ2) is 5.16. The van der Waals surface area contributed by atoms with Gasteiger partial charge in [0, 0.05) is 31.0 Å². The highest BCUT2D eigenvalue weighted by Gasteiger charge is 2.32. The molecule has 2 rings (SSSR count). The van der Waals surface area contributed by atoms with Gasteiger partial charge in [0.25, 0.3) is 0 Å². The van der Waals surface area contributed by atoms with Gasteiger partial charge in [-0.3, -0.25) is 4.79 Å². The number of aromatic hydroxyl groups is 1. The number of phenols is 1. The number of para-hydroxylation sites is 1. The summed E-state index contributed by atoms with van der Waals surface area (Å²) in [5.41, 5.74) is 0.583. The number of amides is 1. The Bertz CT molecular complexity index is 587. The fraction of sp³-hybridized carbons (Fsp3) is 0.417. The van der Waals surface area contributed by atoms with Crippen LogP contribution in [-0.2, 0) is 21.6 Å². The maximum Gasteiger partial charge on any atom is 0.302 e. The van der Waals surface area contributed by atoms with Crippen molar-refractivity contribution < 1.29 is 22.2 Å². The lowest BCUT2D eigenvalue weighted by atomic mass is 10.1. The largest absolute Gasteiger partial charge is 0.508 e. The molecule has 19 heavy (non-hydrogen) atoms. The molecule has 1 N–H and O–H groups in total. The number of carbonyl (C=O) groups excluding carboxylic acids is 1. The summed E-state index contributed by atoms with van der Waals surface area (Å²) in [5, 5.41) is 9.62. The molecule has 1 aliphatic heterocycles. The number of hydrogen-bond donors (Lipinski definition) is 1. The van der Waals surface area contributed by atoms with E-state index in [4.69, 9.17) is 0 Å². The van der Waals surface area contributed by atoms with Crippen LogP contribution in [0, 0.1) is 5.92 Å². The number of carbonyl (C=O) groups is 1. The number of nitrogens with zero attached hydrogens (tertiary/aromatic N) is 1. The maximum absolute atomic E-state index is 12.6. The normalized spacial score (nSPS) is 19.9. The summed E-state index contributed by atoms with van der Waals surface area (Å²) in [6, 6.07) is 6.60. The van der Waals surface area contributed by atoms with Crippen LogP contribution in [0.3, 0.4) is 0 Å². The summed E-state index contributed by atoms with van der Waals surface area (Å²) < 4.78 is 33.7. The number of phenolic OH excluding ortho intramolecular Hbond substituents is 1. The molecular weight excluding hydrogens is 273 g/mol. The second-order valence-corrected chi connectivity index (χ2v) is 6.09. The Labute approximate surface area is 110 Å². The third-order valence-electron chi connectivity index (χ3n) is 3.08. The van der Waals surface area contributed by atoms with E-state index >= 15 is 0 Å². The van der Waals surface area contributed by atoms with Crippen molar-refractivity contribution in [1.29, 1.82) is 0 Å². The smallest absolute Gasteiger partial charge is 0.302 e. The molecule has 0 aliphatic carbocycles. The zero-order valence-corrected chi connectivity index (χ0v) is 10.9. The van der Waals surface area contributed by atoms with Crippen molar-refractivity contribution in [2.75, 3.05) is 12.3 Å². The van der Waals surface area contributed by atoms with E-state index < -0.39 is 21.9 Å². The van der Waals surface area contributed by atoms with Gasteiger partial charge >= 0.3 is 10.2 Å². The van der Waals surface area contributed by atoms with Crippen molar-refractivity contribution in [3.8, 4) is 5.75 Å². The Balaban J connectivity index is 2.03. The van der Waals surface area contributed by atoms with Crippen LogP contribution in [-0.4, -0.2) is 36.6 Å². The molecule has 0 radical (unpaired) electrons. The number of likely N-dealkylation sites (tertiary alicyclic amines) is 1. The molecule has 1 saturated heterocycles. The van der Waals surface area contributed by atoms with Gasteiger partial charge in [0.15, 0.2) is 0 Å². The molecule has 1 amide bonds. The first kappa shape index (κ1) is 13.8. The Morgan fingerprint density at radius 1 is 1.37 bits per heavy atom. The Morgan fingerprint density at radius 2 is 2.05 bits per heavy atom. The van der Waals surface area contributed by atoms with E-state index in [2.05, 4.69) is 0 Å². The van der Waals surface area contributed by atoms with Gasteiger partial charge in [0.2, 0.25) is 5.91 Å². The lowest BCUT2D eigenvalue weighted by molar-refractivity contribution is -0.128. The zero-order chi connectivity index (χ0) is 14.0. The molecule has 1 aliphatic rings. The lowest BCUT2D eigenvalue weighted by Gasteiger charge is -2.17. The van der Waals surface area contributed by atoms with Crippen molar-refractivity contribution in [2.45, 2.75) is 13.0 Å². The summed E-state index contributed by atoms with van der Waals surface area (Å²) >= 11 is 0. The maximum atomic E-state index is 12.6. The van der Waals surface area contributed by atoms with E-state index in [9.17, 15) is 22.2 Å². The topological polar surface area (TPSA) is 74.7 Å². The summed E-state index contributed by atoms with van der Waals surface area (Å²) in [6.07, 6.45) is 0.0245. The van der Waals surface area contributed by atoms with E-state index in [0.29, 0.717) is 5.56 Å². The highest BCUT2D eigenvalue weighted by Crippen LogP contribution is 2.24. The Hall–Kier alpha value is -1.63. The summed E-state index contributed by atoms with van der Waals surface area (Å²) in [5.74, 6) is -1.29. The monoisotopic (exact) mass is 287 g/mol. The number of halogens is 1. The van der Waals surface area contributed by atoms with E-state index in [0.717, 1.165) is 0 Å². The fourth-order valence-electron chi connectivity index (χ4n) is 2.25. The van der Waals surface area contributed by atoms with Crippen LogP contribution in [0.1, 0.15) is 12.0 Å². The molecule has 1 aromatic rings. The fourth-order valence-corrected chi connectivity index (χ4v) is 3.04. The van der Waals surface area contributed by atoms with Crippen molar-refractivity contribution >= 4 is 16.1 Å². The third-order valence-corrected chi connectivity index (χ3v) is 3.95. The highest BCUT2D eigenvalue weighted by atomic mass is 32.3. The van der Waals surface area contributed by atoms with Crippen molar-refractivity contribution in [3.63, 3.8) is 0 Å². The molecule has 1 aromatic carbocycles. The van der Waals surface area contributed by atoms with E-state index in [-0.39, 0.29) is 31.2 Å². The van der Waals surface area contributed by atoms with Crippen LogP contribution in [0.2, 0.25) is 0 Å². The molecule has 0 saturated carbocycles. The van der Waals surface area contributed by atoms with Crippen LogP contribution in [0.5, 0.6) is 5.75 Å². The molecular formula is C12H14FNO4S. The van der Waals surface area contributed by atoms with E-state index in [1.54, 1.807) is 18.2 Å². The quantitative estimate of drug-likeness (QED) is 0.840. The van der Waals surface area contributed by atoms with Gasteiger partial charge in [0.1, 0.15) is 5.75 Å². The molecule has 7 heteroatoms. The molecule has 0 spiro atoms. The number of benzene rings is 1. The molecule has 1 fully saturated rings. The summed E-state index contributed by atoms with van der Waals surface area (Å²) in [4.78, 5) is 13.1. The van der Waals surface area contributed by atoms with Gasteiger partial charge in [-0.05, 0) is 6.07 Å². The first-order chi connectivity index (χ1) is 8.85. The van der Waals surface area contributed by atoms with Crippen LogP contribution < -0.4 is 0 Å². The number of rotatable bonds is 4. The first-order valence-corrected chi connectivity index (χ1v) is 7.37. The molecule has 1 unspecified atom stereocenters. The second-order valence-electron chi connectivity index (χ2n) is 4.68. The Morgan fingerprint density at radius 3 is 2.68 bits per heavy atom. The highest BCUT2D eigenvalue weighted by molar-refractivity contribution is 7.86. The predicted octanol–water partition coefficient (Wildman–Crippen LogP) is 1.04. The zero-order valence-electron chi connectivity index (χ0n) is 10.1. The standard InChI is InChI=1S/C12H14FNO4S/c13-19(17,18)8-9-5-12(16)14(6-9)7-10-3-1-2-4-11(10)15/h1-4,9,15H,5-8H2. The van der Waals surface area contributed by atoms with Gasteiger partial charge in [0.05, 0.1) is 5.75 Å². The van der Waals surface area contributed by atoms with Gasteiger partial charge in [-0.15, -0.1) is 3.89 Å². The SMILES string of the molecule is O=C1CC(CS(=O)(=O)F)CN1Cc1ccccc1O. The van der Waals surface area contributed by atoms with Crippen LogP contribution in [0.15, 0.2) is 24.3 Å². The molecule has 1 atom stereocenters. The lowest BCUT2D eigenvalue weighted by Crippen LogP contribution is -2.25. The van der Waals surface area contributed by atoms with Crippen LogP contribution in [0.4, 0.5) is 3.89 Å². The van der Waals surface area contributed by atoms with Gasteiger partial charge < -0.3 is 10.0 Å². The number of hydrogen-bond acceptors (Lipinski definition) is 4. The van der Waals surface area contributed by atoms with Gasteiger partial charge in [-0.1, -0.05) is 18.2 Å². The molecule has 0 bridgehead atoms. The molecule has 1 heterocycles. The minimum absolute atomic E-state index is 0.0245. The molecule has 5 nitrogen and oxygen atoms in total. The first-order valence-electron chi connectivity index (χ1n) is 5.82. The average molecular weight is 287 g/mol. The van der Waals surface area contributed by atoms with E-state index in [1.165, 1.54) is 11.0 Å². The van der Waals surface area contributed by atoms with Crippen LogP contribution in [0.25, 0.3) is 0 Å². The molecule has 0 aromatic heterocycles. The van der Waals surface area contributed by atoms with Crippen molar-refractivity contribution in [1.82, 2.24) is 4.90 Å². The minimum Gasteiger partial charge on any atom is -0.508 e. The molecule has 104 valence electrons. The third kappa shape index (κ3) is 3.66. The van der Waals surface area contributed by atoms with Crippen molar-refractivity contribution in [3.05, 3.63) is 29.8 Å².